The zero-order valence-electron chi connectivity index (χ0n) is 25.3. The van der Waals surface area contributed by atoms with Gasteiger partial charge in [0.15, 0.2) is 0 Å². The predicted octanol–water partition coefficient (Wildman–Crippen LogP) is 4.98. The maximum Gasteiger partial charge on any atom is 0.229 e. The maximum atomic E-state index is 15.4. The van der Waals surface area contributed by atoms with Crippen LogP contribution in [0.1, 0.15) is 55.6 Å². The molecule has 10 nitrogen and oxygen atoms in total. The Kier molecular flexibility index (Phi) is 9.14. The third-order valence-corrected chi connectivity index (χ3v) is 9.81. The molecule has 240 valence electrons. The Balaban J connectivity index is 1.23. The molecule has 0 radical (unpaired) electrons. The van der Waals surface area contributed by atoms with E-state index in [1.807, 2.05) is 6.07 Å². The van der Waals surface area contributed by atoms with Crippen LogP contribution in [-0.2, 0) is 19.3 Å². The average molecular weight is 641 g/mol. The minimum Gasteiger partial charge on any atom is -0.381 e. The van der Waals surface area contributed by atoms with Gasteiger partial charge in [-0.05, 0) is 84.9 Å². The van der Waals surface area contributed by atoms with Crippen LogP contribution in [0.5, 0.6) is 0 Å². The van der Waals surface area contributed by atoms with E-state index in [1.165, 1.54) is 22.9 Å². The number of hydrogen-bond acceptors (Lipinski definition) is 9. The van der Waals surface area contributed by atoms with Crippen molar-refractivity contribution < 1.29 is 26.7 Å². The fourth-order valence-electron chi connectivity index (χ4n) is 6.63. The molecular formula is C32H38F2N6O4S. The predicted molar refractivity (Wildman–Crippen MR) is 167 cm³/mol. The topological polar surface area (TPSA) is 134 Å². The molecule has 0 spiro atoms. The summed E-state index contributed by atoms with van der Waals surface area (Å²) in [5.74, 6) is -0.746. The molecule has 45 heavy (non-hydrogen) atoms. The molecule has 3 aromatic heterocycles. The Morgan fingerprint density at radius 1 is 1.09 bits per heavy atom. The largest absolute Gasteiger partial charge is 0.381 e. The van der Waals surface area contributed by atoms with Gasteiger partial charge in [0.25, 0.3) is 0 Å². The molecule has 4 aromatic rings. The molecule has 1 saturated carbocycles. The van der Waals surface area contributed by atoms with Gasteiger partial charge < -0.3 is 20.5 Å². The van der Waals surface area contributed by atoms with Gasteiger partial charge in [0.2, 0.25) is 5.95 Å². The second-order valence-electron chi connectivity index (χ2n) is 12.2. The fourth-order valence-corrected chi connectivity index (χ4v) is 7.03. The van der Waals surface area contributed by atoms with Crippen LogP contribution in [0.2, 0.25) is 0 Å². The third-order valence-electron chi connectivity index (χ3n) is 8.90. The Hall–Kier alpha value is -3.52. The smallest absolute Gasteiger partial charge is 0.229 e. The molecule has 4 unspecified atom stereocenters. The van der Waals surface area contributed by atoms with E-state index in [4.69, 9.17) is 15.2 Å². The minimum absolute atomic E-state index is 0.0420. The van der Waals surface area contributed by atoms with Crippen molar-refractivity contribution >= 4 is 27.0 Å². The van der Waals surface area contributed by atoms with Gasteiger partial charge in [-0.2, -0.15) is 9.61 Å². The van der Waals surface area contributed by atoms with Crippen LogP contribution < -0.4 is 11.1 Å². The summed E-state index contributed by atoms with van der Waals surface area (Å²) >= 11 is 0. The maximum absolute atomic E-state index is 15.4. The van der Waals surface area contributed by atoms with E-state index in [0.717, 1.165) is 30.5 Å². The molecular weight excluding hydrogens is 602 g/mol. The van der Waals surface area contributed by atoms with Crippen molar-refractivity contribution in [1.29, 1.82) is 0 Å². The number of benzene rings is 1. The number of halogens is 2. The molecule has 2 fully saturated rings. The number of anilines is 2. The van der Waals surface area contributed by atoms with E-state index in [9.17, 15) is 8.42 Å². The van der Waals surface area contributed by atoms with Gasteiger partial charge in [-0.25, -0.2) is 22.2 Å². The second kappa shape index (κ2) is 13.1. The Bertz CT molecular complexity index is 1740. The molecule has 4 atom stereocenters. The average Bonchev–Trinajstić information content (AvgIpc) is 3.40. The van der Waals surface area contributed by atoms with E-state index in [1.54, 1.807) is 30.7 Å². The summed E-state index contributed by atoms with van der Waals surface area (Å²) in [6.45, 7) is 3.34. The van der Waals surface area contributed by atoms with E-state index in [2.05, 4.69) is 27.3 Å². The first kappa shape index (κ1) is 31.5. The number of ether oxygens (including phenoxy) is 2. The highest BCUT2D eigenvalue weighted by Gasteiger charge is 2.36. The lowest BCUT2D eigenvalue weighted by molar-refractivity contribution is -0.0152. The van der Waals surface area contributed by atoms with E-state index in [0.29, 0.717) is 36.7 Å². The number of sulfone groups is 1. The molecule has 6 rings (SSSR count). The van der Waals surface area contributed by atoms with Gasteiger partial charge in [-0.1, -0.05) is 6.92 Å². The molecule has 13 heteroatoms. The van der Waals surface area contributed by atoms with E-state index >= 15 is 8.78 Å². The number of nitrogens with zero attached hydrogens (tertiary/aromatic N) is 4. The molecule has 1 aliphatic carbocycles. The van der Waals surface area contributed by atoms with E-state index in [-0.39, 0.29) is 53.5 Å². The van der Waals surface area contributed by atoms with Crippen LogP contribution in [0.3, 0.4) is 0 Å². The van der Waals surface area contributed by atoms with Crippen molar-refractivity contribution in [2.45, 2.75) is 56.6 Å². The molecule has 0 amide bonds. The lowest BCUT2D eigenvalue weighted by Crippen LogP contribution is -2.47. The first-order chi connectivity index (χ1) is 21.6. The van der Waals surface area contributed by atoms with Gasteiger partial charge in [0.1, 0.15) is 21.5 Å². The van der Waals surface area contributed by atoms with Crippen molar-refractivity contribution in [3.8, 4) is 11.3 Å². The van der Waals surface area contributed by atoms with Gasteiger partial charge in [0, 0.05) is 31.7 Å². The summed E-state index contributed by atoms with van der Waals surface area (Å²) in [4.78, 5) is 8.81. The summed E-state index contributed by atoms with van der Waals surface area (Å²) in [6, 6.07) is 7.79. The lowest BCUT2D eigenvalue weighted by Gasteiger charge is -2.39. The van der Waals surface area contributed by atoms with Crippen LogP contribution >= 0.6 is 0 Å². The number of nitrogens with two attached hydrogens (primary N) is 1. The SMILES string of the molecule is CC1CC(c2ccncc2Nc2ncc3ccc(-c4c(F)cc(C5CCOCC5)cc4F)nn23)CC(N)C1OCCS(C)(=O)=O. The Labute approximate surface area is 261 Å². The monoisotopic (exact) mass is 640 g/mol. The zero-order valence-corrected chi connectivity index (χ0v) is 26.1. The van der Waals surface area contributed by atoms with Gasteiger partial charge in [-0.3, -0.25) is 4.98 Å². The standard InChI is InChI=1S/C32H38F2N6O4S/c1-19-13-22(16-27(35)31(19)44-11-12-45(2,41)42)24-5-8-36-18-29(24)38-32-37-17-23-3-4-28(39-40(23)32)30-25(33)14-21(15-26(30)34)20-6-9-43-10-7-20/h3-5,8,14-15,17-20,22,27,31H,6-7,9-13,16,35H2,1-2H3,(H,37,38). The fraction of sp³-hybridized carbons (Fsp3) is 0.469. The molecule has 1 saturated heterocycles. The van der Waals surface area contributed by atoms with Crippen molar-refractivity contribution in [3.05, 3.63) is 71.7 Å². The molecule has 1 aliphatic heterocycles. The van der Waals surface area contributed by atoms with Gasteiger partial charge in [-0.15, -0.1) is 0 Å². The molecule has 4 heterocycles. The van der Waals surface area contributed by atoms with Crippen LogP contribution in [0.25, 0.3) is 16.8 Å². The number of aromatic nitrogens is 4. The lowest BCUT2D eigenvalue weighted by atomic mass is 9.74. The highest BCUT2D eigenvalue weighted by Crippen LogP contribution is 2.40. The Morgan fingerprint density at radius 3 is 2.56 bits per heavy atom. The Morgan fingerprint density at radius 2 is 1.84 bits per heavy atom. The van der Waals surface area contributed by atoms with Gasteiger partial charge >= 0.3 is 0 Å². The summed E-state index contributed by atoms with van der Waals surface area (Å²) in [7, 11) is -3.12. The first-order valence-electron chi connectivity index (χ1n) is 15.2. The highest BCUT2D eigenvalue weighted by molar-refractivity contribution is 7.90. The van der Waals surface area contributed by atoms with Crippen molar-refractivity contribution in [2.75, 3.05) is 37.1 Å². The molecule has 0 bridgehead atoms. The van der Waals surface area contributed by atoms with Crippen LogP contribution in [0.4, 0.5) is 20.4 Å². The first-order valence-corrected chi connectivity index (χ1v) is 17.3. The molecule has 3 N–H and O–H groups in total. The summed E-state index contributed by atoms with van der Waals surface area (Å²) in [5.41, 5.74) is 9.51. The summed E-state index contributed by atoms with van der Waals surface area (Å²) in [5, 5.41) is 7.91. The van der Waals surface area contributed by atoms with Crippen LogP contribution in [0.15, 0.2) is 48.9 Å². The van der Waals surface area contributed by atoms with E-state index < -0.39 is 21.5 Å². The third kappa shape index (κ3) is 7.01. The quantitative estimate of drug-likeness (QED) is 0.260. The number of imidazole rings is 1. The van der Waals surface area contributed by atoms with Crippen LogP contribution in [0, 0.1) is 17.6 Å². The molecule has 2 aliphatic rings. The second-order valence-corrected chi connectivity index (χ2v) is 14.5. The minimum atomic E-state index is -3.12. The van der Waals surface area contributed by atoms with Crippen molar-refractivity contribution in [2.24, 2.45) is 11.7 Å². The number of rotatable bonds is 9. The summed E-state index contributed by atoms with van der Waals surface area (Å²) < 4.78 is 66.7. The highest BCUT2D eigenvalue weighted by atomic mass is 32.2. The summed E-state index contributed by atoms with van der Waals surface area (Å²) in [6.07, 6.45) is 8.89. The van der Waals surface area contributed by atoms with Crippen molar-refractivity contribution in [3.63, 3.8) is 0 Å². The number of hydrogen-bond donors (Lipinski definition) is 2. The van der Waals surface area contributed by atoms with Crippen LogP contribution in [-0.4, -0.2) is 72.0 Å². The van der Waals surface area contributed by atoms with Gasteiger partial charge in [0.05, 0.1) is 53.3 Å². The normalized spacial score (nSPS) is 23.0. The number of nitrogens with one attached hydrogen (secondary N) is 1. The molecule has 1 aromatic carbocycles. The number of pyridine rings is 1. The zero-order chi connectivity index (χ0) is 31.7. The van der Waals surface area contributed by atoms with Crippen molar-refractivity contribution in [1.82, 2.24) is 19.6 Å². The number of fused-ring (bicyclic) bond motifs is 1.